The zero-order valence-electron chi connectivity index (χ0n) is 19.4. The standard InChI is InChI=1S/C24H26FN3O4S/c1-14-12-15(2)21(16(3)13-14)32-23-17(10-11-18(26-23)24(4,5)6)22(29)28-33(30,31)20-9-7-8-19(25)27-20/h7-13H,1-6H3,(H,28,29). The Morgan fingerprint density at radius 1 is 1.00 bits per heavy atom. The van der Waals surface area contributed by atoms with Crippen LogP contribution in [0.5, 0.6) is 11.6 Å². The maximum absolute atomic E-state index is 13.4. The lowest BCUT2D eigenvalue weighted by Gasteiger charge is -2.21. The Kier molecular flexibility index (Phi) is 6.56. The zero-order chi connectivity index (χ0) is 24.6. The van der Waals surface area contributed by atoms with Crippen LogP contribution in [0.25, 0.3) is 0 Å². The fourth-order valence-corrected chi connectivity index (χ4v) is 4.23. The number of hydrogen-bond donors (Lipinski definition) is 1. The quantitative estimate of drug-likeness (QED) is 0.539. The molecule has 1 amide bonds. The van der Waals surface area contributed by atoms with Crippen molar-refractivity contribution in [2.24, 2.45) is 0 Å². The van der Waals surface area contributed by atoms with E-state index < -0.39 is 26.9 Å². The predicted octanol–water partition coefficient (Wildman–Crippen LogP) is 4.75. The molecule has 1 N–H and O–H groups in total. The van der Waals surface area contributed by atoms with E-state index in [0.29, 0.717) is 11.4 Å². The van der Waals surface area contributed by atoms with E-state index in [-0.39, 0.29) is 16.9 Å². The van der Waals surface area contributed by atoms with Gasteiger partial charge in [0.1, 0.15) is 11.3 Å². The van der Waals surface area contributed by atoms with Gasteiger partial charge < -0.3 is 4.74 Å². The number of sulfonamides is 1. The maximum atomic E-state index is 13.4. The van der Waals surface area contributed by atoms with E-state index in [1.165, 1.54) is 12.1 Å². The van der Waals surface area contributed by atoms with E-state index in [1.54, 1.807) is 6.07 Å². The minimum Gasteiger partial charge on any atom is -0.438 e. The number of rotatable bonds is 5. The summed E-state index contributed by atoms with van der Waals surface area (Å²) in [5, 5.41) is -0.609. The molecule has 0 saturated heterocycles. The van der Waals surface area contributed by atoms with Gasteiger partial charge in [-0.15, -0.1) is 0 Å². The van der Waals surface area contributed by atoms with E-state index in [0.717, 1.165) is 28.8 Å². The van der Waals surface area contributed by atoms with Crippen LogP contribution >= 0.6 is 0 Å². The monoisotopic (exact) mass is 471 g/mol. The maximum Gasteiger partial charge on any atom is 0.281 e. The lowest BCUT2D eigenvalue weighted by molar-refractivity contribution is 0.0978. The van der Waals surface area contributed by atoms with Crippen LogP contribution in [0.2, 0.25) is 0 Å². The van der Waals surface area contributed by atoms with E-state index in [9.17, 15) is 17.6 Å². The molecule has 0 aliphatic heterocycles. The van der Waals surface area contributed by atoms with Gasteiger partial charge in [-0.2, -0.15) is 12.8 Å². The van der Waals surface area contributed by atoms with Gasteiger partial charge >= 0.3 is 0 Å². The summed E-state index contributed by atoms with van der Waals surface area (Å²) in [4.78, 5) is 20.9. The summed E-state index contributed by atoms with van der Waals surface area (Å²) in [6, 6.07) is 10.3. The third kappa shape index (κ3) is 5.54. The van der Waals surface area contributed by atoms with Gasteiger partial charge in [0.15, 0.2) is 5.03 Å². The molecular formula is C24H26FN3O4S. The van der Waals surface area contributed by atoms with Gasteiger partial charge in [0.2, 0.25) is 11.8 Å². The number of amides is 1. The molecule has 0 unspecified atom stereocenters. The molecule has 0 aliphatic rings. The van der Waals surface area contributed by atoms with Gasteiger partial charge in [-0.1, -0.05) is 44.5 Å². The Morgan fingerprint density at radius 3 is 2.21 bits per heavy atom. The van der Waals surface area contributed by atoms with Crippen molar-refractivity contribution in [1.29, 1.82) is 0 Å². The lowest BCUT2D eigenvalue weighted by atomic mass is 9.91. The predicted molar refractivity (Wildman–Crippen MR) is 123 cm³/mol. The highest BCUT2D eigenvalue weighted by atomic mass is 32.2. The highest BCUT2D eigenvalue weighted by Gasteiger charge is 2.26. The average molecular weight is 472 g/mol. The van der Waals surface area contributed by atoms with Crippen molar-refractivity contribution in [2.45, 2.75) is 52.0 Å². The highest BCUT2D eigenvalue weighted by Crippen LogP contribution is 2.33. The van der Waals surface area contributed by atoms with E-state index >= 15 is 0 Å². The second-order valence-corrected chi connectivity index (χ2v) is 10.5. The number of halogens is 1. The topological polar surface area (TPSA) is 98.2 Å². The Morgan fingerprint density at radius 2 is 1.64 bits per heavy atom. The number of nitrogens with zero attached hydrogens (tertiary/aromatic N) is 2. The van der Waals surface area contributed by atoms with Crippen LogP contribution in [0.1, 0.15) is 53.5 Å². The molecule has 33 heavy (non-hydrogen) atoms. The van der Waals surface area contributed by atoms with Crippen LogP contribution in [0.4, 0.5) is 4.39 Å². The second kappa shape index (κ2) is 8.90. The molecule has 0 radical (unpaired) electrons. The van der Waals surface area contributed by atoms with E-state index in [2.05, 4.69) is 9.97 Å². The summed E-state index contributed by atoms with van der Waals surface area (Å²) in [5.74, 6) is -1.44. The highest BCUT2D eigenvalue weighted by molar-refractivity contribution is 7.90. The third-order valence-electron chi connectivity index (χ3n) is 4.87. The van der Waals surface area contributed by atoms with Crippen molar-refractivity contribution in [3.63, 3.8) is 0 Å². The largest absolute Gasteiger partial charge is 0.438 e. The van der Waals surface area contributed by atoms with Crippen molar-refractivity contribution >= 4 is 15.9 Å². The lowest BCUT2D eigenvalue weighted by Crippen LogP contribution is -2.32. The molecule has 0 fully saturated rings. The molecule has 2 heterocycles. The van der Waals surface area contributed by atoms with Crippen LogP contribution in [-0.2, 0) is 15.4 Å². The van der Waals surface area contributed by atoms with Gasteiger partial charge in [-0.3, -0.25) is 4.79 Å². The zero-order valence-corrected chi connectivity index (χ0v) is 20.2. The first-order chi connectivity index (χ1) is 15.3. The molecule has 3 rings (SSSR count). The summed E-state index contributed by atoms with van der Waals surface area (Å²) in [6.07, 6.45) is 0. The summed E-state index contributed by atoms with van der Waals surface area (Å²) >= 11 is 0. The molecule has 7 nitrogen and oxygen atoms in total. The number of carbonyl (C=O) groups excluding carboxylic acids is 1. The molecule has 0 spiro atoms. The van der Waals surface area contributed by atoms with Crippen LogP contribution < -0.4 is 9.46 Å². The van der Waals surface area contributed by atoms with Crippen molar-refractivity contribution < 1.29 is 22.3 Å². The minimum absolute atomic E-state index is 0.0302. The normalized spacial score (nSPS) is 11.8. The molecule has 174 valence electrons. The van der Waals surface area contributed by atoms with Crippen LogP contribution in [-0.4, -0.2) is 24.3 Å². The Balaban J connectivity index is 2.05. The van der Waals surface area contributed by atoms with Gasteiger partial charge in [-0.25, -0.2) is 14.7 Å². The van der Waals surface area contributed by atoms with Crippen molar-refractivity contribution in [1.82, 2.24) is 14.7 Å². The summed E-state index contributed by atoms with van der Waals surface area (Å²) < 4.78 is 46.6. The fraction of sp³-hybridized carbons (Fsp3) is 0.292. The number of hydrogen-bond acceptors (Lipinski definition) is 6. The smallest absolute Gasteiger partial charge is 0.281 e. The molecule has 2 aromatic heterocycles. The molecule has 1 aromatic carbocycles. The molecule has 0 atom stereocenters. The Hall–Kier alpha value is -3.33. The number of aromatic nitrogens is 2. The summed E-state index contributed by atoms with van der Waals surface area (Å²) in [7, 11) is -4.41. The molecular weight excluding hydrogens is 445 g/mol. The van der Waals surface area contributed by atoms with Crippen LogP contribution in [0, 0.1) is 26.7 Å². The molecule has 0 aliphatic carbocycles. The third-order valence-corrected chi connectivity index (χ3v) is 6.10. The molecule has 0 saturated carbocycles. The van der Waals surface area contributed by atoms with Crippen molar-refractivity contribution in [2.75, 3.05) is 0 Å². The van der Waals surface area contributed by atoms with Gasteiger partial charge in [-0.05, 0) is 56.2 Å². The summed E-state index contributed by atoms with van der Waals surface area (Å²) in [6.45, 7) is 11.6. The average Bonchev–Trinajstić information content (AvgIpc) is 2.69. The molecule has 9 heteroatoms. The van der Waals surface area contributed by atoms with Crippen LogP contribution in [0.3, 0.4) is 0 Å². The van der Waals surface area contributed by atoms with E-state index in [1.807, 2.05) is 58.4 Å². The SMILES string of the molecule is Cc1cc(C)c(Oc2nc(C(C)(C)C)ccc2C(=O)NS(=O)(=O)c2cccc(F)n2)c(C)c1. The number of ether oxygens (including phenoxy) is 1. The van der Waals surface area contributed by atoms with Crippen molar-refractivity contribution in [3.05, 3.63) is 76.4 Å². The van der Waals surface area contributed by atoms with Crippen molar-refractivity contribution in [3.8, 4) is 11.6 Å². The number of carbonyl (C=O) groups is 1. The number of pyridine rings is 2. The number of benzene rings is 1. The Bertz CT molecular complexity index is 1310. The van der Waals surface area contributed by atoms with Gasteiger partial charge in [0.05, 0.1) is 0 Å². The number of nitrogens with one attached hydrogen (secondary N) is 1. The Labute approximate surface area is 193 Å². The molecule has 3 aromatic rings. The van der Waals surface area contributed by atoms with Crippen LogP contribution in [0.15, 0.2) is 47.5 Å². The number of aryl methyl sites for hydroxylation is 3. The first-order valence-corrected chi connectivity index (χ1v) is 11.7. The first kappa shape index (κ1) is 24.3. The second-order valence-electron chi connectivity index (χ2n) is 8.86. The van der Waals surface area contributed by atoms with Gasteiger partial charge in [0.25, 0.3) is 15.9 Å². The summed E-state index contributed by atoms with van der Waals surface area (Å²) in [5.41, 5.74) is 2.98. The minimum atomic E-state index is -4.41. The first-order valence-electron chi connectivity index (χ1n) is 10.2. The van der Waals surface area contributed by atoms with E-state index in [4.69, 9.17) is 4.74 Å². The fourth-order valence-electron chi connectivity index (χ4n) is 3.30. The van der Waals surface area contributed by atoms with Gasteiger partial charge in [0, 0.05) is 11.1 Å². The molecule has 0 bridgehead atoms.